The highest BCUT2D eigenvalue weighted by atomic mass is 35.5. The zero-order valence-corrected chi connectivity index (χ0v) is 15.1. The van der Waals surface area contributed by atoms with E-state index >= 15 is 0 Å². The van der Waals surface area contributed by atoms with Crippen molar-refractivity contribution in [2.45, 2.75) is 45.4 Å². The van der Waals surface area contributed by atoms with Crippen molar-refractivity contribution in [2.75, 3.05) is 26.2 Å². The van der Waals surface area contributed by atoms with E-state index in [1.54, 1.807) is 0 Å². The van der Waals surface area contributed by atoms with Crippen molar-refractivity contribution >= 4 is 24.1 Å². The first-order chi connectivity index (χ1) is 11.1. The van der Waals surface area contributed by atoms with Crippen LogP contribution in [0.25, 0.3) is 0 Å². The summed E-state index contributed by atoms with van der Waals surface area (Å²) >= 11 is 0. The first-order valence-electron chi connectivity index (χ1n) is 8.84. The van der Waals surface area contributed by atoms with E-state index in [1.807, 2.05) is 11.8 Å². The Morgan fingerprint density at radius 3 is 2.54 bits per heavy atom. The summed E-state index contributed by atoms with van der Waals surface area (Å²) < 4.78 is 0. The summed E-state index contributed by atoms with van der Waals surface area (Å²) in [5.41, 5.74) is 3.67. The highest BCUT2D eigenvalue weighted by molar-refractivity contribution is 6.04. The number of aryl methyl sites for hydroxylation is 1. The molecule has 0 aromatic carbocycles. The number of hydrogen-bond donors (Lipinski definition) is 2. The van der Waals surface area contributed by atoms with Crippen LogP contribution < -0.4 is 5.32 Å². The number of carbonyl (C=O) groups excluding carboxylic acids is 2. The molecule has 0 radical (unpaired) electrons. The minimum absolute atomic E-state index is 0. The molecule has 2 fully saturated rings. The summed E-state index contributed by atoms with van der Waals surface area (Å²) in [7, 11) is 0. The molecule has 2 aliphatic heterocycles. The third-order valence-electron chi connectivity index (χ3n) is 6.09. The second kappa shape index (κ2) is 6.52. The topological polar surface area (TPSA) is 65.2 Å². The van der Waals surface area contributed by atoms with E-state index in [9.17, 15) is 9.59 Å². The lowest BCUT2D eigenvalue weighted by Crippen LogP contribution is -2.44. The lowest BCUT2D eigenvalue weighted by atomic mass is 9.78. The van der Waals surface area contributed by atoms with Gasteiger partial charge in [0.05, 0.1) is 0 Å². The molecule has 5 nitrogen and oxygen atoms in total. The first-order valence-corrected chi connectivity index (χ1v) is 8.84. The normalized spacial score (nSPS) is 22.4. The van der Waals surface area contributed by atoms with Gasteiger partial charge < -0.3 is 15.2 Å². The molecule has 0 unspecified atom stereocenters. The maximum Gasteiger partial charge on any atom is 0.270 e. The Kier molecular flexibility index (Phi) is 4.76. The van der Waals surface area contributed by atoms with E-state index < -0.39 is 0 Å². The van der Waals surface area contributed by atoms with Gasteiger partial charge in [0.1, 0.15) is 5.69 Å². The van der Waals surface area contributed by atoms with Crippen LogP contribution in [-0.2, 0) is 6.42 Å². The summed E-state index contributed by atoms with van der Waals surface area (Å²) in [5, 5.41) is 3.46. The third kappa shape index (κ3) is 2.78. The number of aromatic amines is 1. The van der Waals surface area contributed by atoms with Crippen LogP contribution in [0.15, 0.2) is 0 Å². The van der Waals surface area contributed by atoms with E-state index in [2.05, 4.69) is 10.3 Å². The monoisotopic (exact) mass is 351 g/mol. The third-order valence-corrected chi connectivity index (χ3v) is 6.09. The molecule has 6 heteroatoms. The number of Topliss-reactive ketones (excluding diaryl/α,β-unsaturated/α-hetero) is 1. The molecule has 1 aromatic rings. The molecule has 0 bridgehead atoms. The van der Waals surface area contributed by atoms with Crippen molar-refractivity contribution in [3.05, 3.63) is 22.5 Å². The summed E-state index contributed by atoms with van der Waals surface area (Å²) in [6.45, 7) is 5.78. The summed E-state index contributed by atoms with van der Waals surface area (Å²) in [4.78, 5) is 30.3. The number of hydrogen-bond acceptors (Lipinski definition) is 3. The van der Waals surface area contributed by atoms with Crippen LogP contribution in [0.1, 0.15) is 64.2 Å². The summed E-state index contributed by atoms with van der Waals surface area (Å²) in [6, 6.07) is 0. The predicted molar refractivity (Wildman–Crippen MR) is 95.1 cm³/mol. The smallest absolute Gasteiger partial charge is 0.270 e. The number of piperidine rings is 1. The van der Waals surface area contributed by atoms with Crippen LogP contribution in [0.5, 0.6) is 0 Å². The fourth-order valence-corrected chi connectivity index (χ4v) is 4.55. The Balaban J connectivity index is 0.00000169. The van der Waals surface area contributed by atoms with Crippen LogP contribution >= 0.6 is 12.4 Å². The fraction of sp³-hybridized carbons (Fsp3) is 0.667. The predicted octanol–water partition coefficient (Wildman–Crippen LogP) is 2.48. The number of likely N-dealkylation sites (tertiary alicyclic amines) is 1. The SMILES string of the molecule is Cc1c(C(=O)N2CCC3(CCNC3)CC2)[nH]c2c1C(=O)CCC2.Cl. The zero-order valence-electron chi connectivity index (χ0n) is 14.2. The van der Waals surface area contributed by atoms with Crippen molar-refractivity contribution in [1.29, 1.82) is 0 Å². The van der Waals surface area contributed by atoms with Gasteiger partial charge in [-0.05, 0) is 56.6 Å². The maximum atomic E-state index is 12.9. The van der Waals surface area contributed by atoms with Gasteiger partial charge in [-0.15, -0.1) is 12.4 Å². The second-order valence-electron chi connectivity index (χ2n) is 7.47. The minimum Gasteiger partial charge on any atom is -0.354 e. The van der Waals surface area contributed by atoms with Crippen LogP contribution in [0, 0.1) is 12.3 Å². The zero-order chi connectivity index (χ0) is 16.0. The molecule has 1 amide bonds. The van der Waals surface area contributed by atoms with E-state index in [4.69, 9.17) is 0 Å². The van der Waals surface area contributed by atoms with Gasteiger partial charge in [0.2, 0.25) is 0 Å². The number of rotatable bonds is 1. The number of aromatic nitrogens is 1. The van der Waals surface area contributed by atoms with Gasteiger partial charge >= 0.3 is 0 Å². The molecule has 0 saturated carbocycles. The molecular formula is C18H26ClN3O2. The molecule has 0 atom stereocenters. The van der Waals surface area contributed by atoms with Crippen LogP contribution in [0.2, 0.25) is 0 Å². The number of amides is 1. The molecule has 3 aliphatic rings. The van der Waals surface area contributed by atoms with Crippen LogP contribution in [0.3, 0.4) is 0 Å². The van der Waals surface area contributed by atoms with Gasteiger partial charge in [-0.3, -0.25) is 9.59 Å². The first kappa shape index (κ1) is 17.5. The van der Waals surface area contributed by atoms with E-state index in [0.717, 1.165) is 68.7 Å². The molecule has 1 spiro atoms. The van der Waals surface area contributed by atoms with E-state index in [0.29, 0.717) is 17.5 Å². The van der Waals surface area contributed by atoms with Gasteiger partial charge in [0.25, 0.3) is 5.91 Å². The highest BCUT2D eigenvalue weighted by Crippen LogP contribution is 2.37. The van der Waals surface area contributed by atoms with Crippen LogP contribution in [-0.4, -0.2) is 47.8 Å². The molecule has 1 aromatic heterocycles. The second-order valence-corrected chi connectivity index (χ2v) is 7.47. The van der Waals surface area contributed by atoms with Gasteiger partial charge in [0, 0.05) is 37.3 Å². The lowest BCUT2D eigenvalue weighted by molar-refractivity contribution is 0.0601. The van der Waals surface area contributed by atoms with Gasteiger partial charge in [-0.2, -0.15) is 0 Å². The molecule has 2 saturated heterocycles. The van der Waals surface area contributed by atoms with Crippen molar-refractivity contribution in [3.8, 4) is 0 Å². The Morgan fingerprint density at radius 2 is 1.92 bits per heavy atom. The largest absolute Gasteiger partial charge is 0.354 e. The Hall–Kier alpha value is -1.33. The molecule has 4 rings (SSSR count). The van der Waals surface area contributed by atoms with Crippen molar-refractivity contribution in [3.63, 3.8) is 0 Å². The van der Waals surface area contributed by atoms with Crippen LogP contribution in [0.4, 0.5) is 0 Å². The quantitative estimate of drug-likeness (QED) is 0.817. The average Bonchev–Trinajstić information content (AvgIpc) is 3.14. The van der Waals surface area contributed by atoms with E-state index in [1.165, 1.54) is 6.42 Å². The molecule has 2 N–H and O–H groups in total. The number of nitrogens with one attached hydrogen (secondary N) is 2. The summed E-state index contributed by atoms with van der Waals surface area (Å²) in [6.07, 6.45) is 5.79. The molecule has 132 valence electrons. The number of carbonyl (C=O) groups is 2. The Morgan fingerprint density at radius 1 is 1.17 bits per heavy atom. The standard InChI is InChI=1S/C18H25N3O2.ClH/c1-12-15-13(3-2-4-14(15)22)20-16(12)17(23)21-9-6-18(7-10-21)5-8-19-11-18;/h19-20H,2-11H2,1H3;1H. The van der Waals surface area contributed by atoms with Crippen molar-refractivity contribution < 1.29 is 9.59 Å². The van der Waals surface area contributed by atoms with Crippen molar-refractivity contribution in [1.82, 2.24) is 15.2 Å². The highest BCUT2D eigenvalue weighted by Gasteiger charge is 2.39. The Labute approximate surface area is 149 Å². The lowest BCUT2D eigenvalue weighted by Gasteiger charge is -2.38. The number of fused-ring (bicyclic) bond motifs is 1. The van der Waals surface area contributed by atoms with Gasteiger partial charge in [0.15, 0.2) is 5.78 Å². The Bertz CT molecular complexity index is 651. The molecule has 3 heterocycles. The van der Waals surface area contributed by atoms with Crippen molar-refractivity contribution in [2.24, 2.45) is 5.41 Å². The number of halogens is 1. The molecule has 24 heavy (non-hydrogen) atoms. The van der Waals surface area contributed by atoms with Gasteiger partial charge in [-0.25, -0.2) is 0 Å². The maximum absolute atomic E-state index is 12.9. The number of ketones is 1. The average molecular weight is 352 g/mol. The molecule has 1 aliphatic carbocycles. The van der Waals surface area contributed by atoms with E-state index in [-0.39, 0.29) is 24.1 Å². The fourth-order valence-electron chi connectivity index (χ4n) is 4.55. The summed E-state index contributed by atoms with van der Waals surface area (Å²) in [5.74, 6) is 0.263. The number of H-pyrrole nitrogens is 1. The minimum atomic E-state index is 0. The van der Waals surface area contributed by atoms with Gasteiger partial charge in [-0.1, -0.05) is 0 Å². The molecular weight excluding hydrogens is 326 g/mol. The number of nitrogens with zero attached hydrogens (tertiary/aromatic N) is 1.